The molecule has 0 atom stereocenters. The number of fused-ring (bicyclic) bond motifs is 1. The van der Waals surface area contributed by atoms with Gasteiger partial charge in [-0.3, -0.25) is 0 Å². The normalized spacial score (nSPS) is 11.4. The SMILES string of the molecule is O=c1oc2ccccc2cc1-c1ccc(-c2ccc(-c3ccc(-c4cccs4)s3)s2)s1. The Hall–Kier alpha value is -2.77. The van der Waals surface area contributed by atoms with Crippen LogP contribution in [0.5, 0.6) is 0 Å². The second-order valence-corrected chi connectivity index (χ2v) is 11.2. The van der Waals surface area contributed by atoms with Crippen LogP contribution in [0.1, 0.15) is 0 Å². The third kappa shape index (κ3) is 3.51. The van der Waals surface area contributed by atoms with Crippen LogP contribution in [0.25, 0.3) is 50.7 Å². The molecular weight excluding hydrogens is 461 g/mol. The van der Waals surface area contributed by atoms with Gasteiger partial charge in [0, 0.05) is 39.5 Å². The summed E-state index contributed by atoms with van der Waals surface area (Å²) in [6.45, 7) is 0. The van der Waals surface area contributed by atoms with Gasteiger partial charge in [-0.2, -0.15) is 0 Å². The molecule has 1 aromatic carbocycles. The predicted molar refractivity (Wildman–Crippen MR) is 136 cm³/mol. The molecule has 6 heteroatoms. The summed E-state index contributed by atoms with van der Waals surface area (Å²) in [5.74, 6) is 0. The molecule has 0 saturated heterocycles. The van der Waals surface area contributed by atoms with E-state index in [1.54, 1.807) is 34.0 Å². The van der Waals surface area contributed by atoms with Gasteiger partial charge in [0.1, 0.15) is 5.58 Å². The van der Waals surface area contributed by atoms with Crippen molar-refractivity contribution >= 4 is 56.3 Å². The Kier molecular flexibility index (Phi) is 4.73. The predicted octanol–water partition coefficient (Wildman–Crippen LogP) is 8.71. The molecule has 6 aromatic rings. The second-order valence-electron chi connectivity index (χ2n) is 6.95. The lowest BCUT2D eigenvalue weighted by molar-refractivity contribution is 0.564. The van der Waals surface area contributed by atoms with Crippen molar-refractivity contribution in [3.05, 3.63) is 94.7 Å². The van der Waals surface area contributed by atoms with E-state index in [-0.39, 0.29) is 5.63 Å². The van der Waals surface area contributed by atoms with Gasteiger partial charge in [-0.15, -0.1) is 45.3 Å². The Balaban J connectivity index is 1.32. The zero-order chi connectivity index (χ0) is 20.8. The molecule has 0 aliphatic rings. The molecule has 0 radical (unpaired) electrons. The Bertz CT molecular complexity index is 1560. The van der Waals surface area contributed by atoms with E-state index < -0.39 is 0 Å². The van der Waals surface area contributed by atoms with Gasteiger partial charge in [0.15, 0.2) is 0 Å². The topological polar surface area (TPSA) is 30.2 Å². The van der Waals surface area contributed by atoms with Crippen molar-refractivity contribution in [1.29, 1.82) is 0 Å². The van der Waals surface area contributed by atoms with Crippen molar-refractivity contribution in [1.82, 2.24) is 0 Å². The van der Waals surface area contributed by atoms with Crippen LogP contribution in [0.2, 0.25) is 0 Å². The lowest BCUT2D eigenvalue weighted by Crippen LogP contribution is -2.01. The quantitative estimate of drug-likeness (QED) is 0.239. The monoisotopic (exact) mass is 474 g/mol. The molecule has 5 heterocycles. The van der Waals surface area contributed by atoms with E-state index in [4.69, 9.17) is 4.42 Å². The van der Waals surface area contributed by atoms with Gasteiger partial charge in [0.2, 0.25) is 0 Å². The van der Waals surface area contributed by atoms with E-state index >= 15 is 0 Å². The lowest BCUT2D eigenvalue weighted by atomic mass is 10.1. The molecule has 0 amide bonds. The Morgan fingerprint density at radius 2 is 1.16 bits per heavy atom. The largest absolute Gasteiger partial charge is 0.422 e. The molecule has 0 aliphatic carbocycles. The maximum atomic E-state index is 12.5. The Labute approximate surface area is 194 Å². The number of hydrogen-bond acceptors (Lipinski definition) is 6. The van der Waals surface area contributed by atoms with Crippen LogP contribution in [0.4, 0.5) is 0 Å². The standard InChI is InChI=1S/C25H14O2S4/c26-25-16(14-15-4-1-2-5-17(15)27-25)18-7-8-21(29-18)22-11-12-24(31-22)23-10-9-20(30-23)19-6-3-13-28-19/h1-14H. The molecular formula is C25H14O2S4. The van der Waals surface area contributed by atoms with Crippen molar-refractivity contribution in [3.8, 4) is 39.7 Å². The van der Waals surface area contributed by atoms with E-state index in [9.17, 15) is 4.79 Å². The number of benzene rings is 1. The van der Waals surface area contributed by atoms with Gasteiger partial charge in [-0.05, 0) is 60.0 Å². The fourth-order valence-corrected chi connectivity index (χ4v) is 7.51. The molecule has 31 heavy (non-hydrogen) atoms. The van der Waals surface area contributed by atoms with Crippen molar-refractivity contribution in [3.63, 3.8) is 0 Å². The first-order chi connectivity index (χ1) is 15.2. The molecule has 0 bridgehead atoms. The Morgan fingerprint density at radius 3 is 1.81 bits per heavy atom. The van der Waals surface area contributed by atoms with Gasteiger partial charge < -0.3 is 4.42 Å². The average molecular weight is 475 g/mol. The lowest BCUT2D eigenvalue weighted by Gasteiger charge is -1.99. The zero-order valence-corrected chi connectivity index (χ0v) is 19.3. The van der Waals surface area contributed by atoms with E-state index in [2.05, 4.69) is 47.8 Å². The number of hydrogen-bond donors (Lipinski definition) is 0. The molecule has 0 unspecified atom stereocenters. The van der Waals surface area contributed by atoms with Gasteiger partial charge in [-0.25, -0.2) is 4.79 Å². The fourth-order valence-electron chi connectivity index (χ4n) is 3.47. The van der Waals surface area contributed by atoms with Crippen LogP contribution < -0.4 is 5.63 Å². The maximum Gasteiger partial charge on any atom is 0.345 e. The van der Waals surface area contributed by atoms with Crippen LogP contribution in [0.3, 0.4) is 0 Å². The molecule has 0 fully saturated rings. The van der Waals surface area contributed by atoms with Gasteiger partial charge in [0.05, 0.1) is 5.56 Å². The first-order valence-electron chi connectivity index (χ1n) is 9.62. The smallest absolute Gasteiger partial charge is 0.345 e. The van der Waals surface area contributed by atoms with Crippen molar-refractivity contribution in [2.45, 2.75) is 0 Å². The molecule has 150 valence electrons. The highest BCUT2D eigenvalue weighted by atomic mass is 32.1. The summed E-state index contributed by atoms with van der Waals surface area (Å²) < 4.78 is 5.51. The minimum absolute atomic E-state index is 0.293. The van der Waals surface area contributed by atoms with Crippen LogP contribution in [-0.2, 0) is 0 Å². The van der Waals surface area contributed by atoms with Crippen molar-refractivity contribution in [2.24, 2.45) is 0 Å². The summed E-state index contributed by atoms with van der Waals surface area (Å²) in [4.78, 5) is 21.0. The molecule has 5 aromatic heterocycles. The van der Waals surface area contributed by atoms with Crippen LogP contribution >= 0.6 is 45.3 Å². The molecule has 6 rings (SSSR count). The van der Waals surface area contributed by atoms with Crippen LogP contribution in [-0.4, -0.2) is 0 Å². The molecule has 2 nitrogen and oxygen atoms in total. The van der Waals surface area contributed by atoms with E-state index in [0.717, 1.165) is 15.1 Å². The number of para-hydroxylation sites is 1. The highest BCUT2D eigenvalue weighted by Crippen LogP contribution is 2.43. The average Bonchev–Trinajstić information content (AvgIpc) is 3.58. The summed E-state index contributed by atoms with van der Waals surface area (Å²) in [5, 5.41) is 3.05. The zero-order valence-electron chi connectivity index (χ0n) is 16.0. The molecule has 0 N–H and O–H groups in total. The second kappa shape index (κ2) is 7.73. The van der Waals surface area contributed by atoms with E-state index in [0.29, 0.717) is 11.1 Å². The van der Waals surface area contributed by atoms with Gasteiger partial charge in [-0.1, -0.05) is 24.3 Å². The van der Waals surface area contributed by atoms with Crippen molar-refractivity contribution in [2.75, 3.05) is 0 Å². The highest BCUT2D eigenvalue weighted by molar-refractivity contribution is 7.28. The Morgan fingerprint density at radius 1 is 0.581 bits per heavy atom. The van der Waals surface area contributed by atoms with E-state index in [1.165, 1.54) is 24.4 Å². The van der Waals surface area contributed by atoms with Crippen molar-refractivity contribution < 1.29 is 4.42 Å². The minimum atomic E-state index is -0.293. The minimum Gasteiger partial charge on any atom is -0.422 e. The van der Waals surface area contributed by atoms with Gasteiger partial charge >= 0.3 is 5.63 Å². The molecule has 0 saturated carbocycles. The number of rotatable bonds is 4. The van der Waals surface area contributed by atoms with Crippen LogP contribution in [0.15, 0.2) is 93.5 Å². The van der Waals surface area contributed by atoms with Gasteiger partial charge in [0.25, 0.3) is 0 Å². The summed E-state index contributed by atoms with van der Waals surface area (Å²) in [5.41, 5.74) is 0.943. The van der Waals surface area contributed by atoms with E-state index in [1.807, 2.05) is 47.7 Å². The third-order valence-electron chi connectivity index (χ3n) is 4.97. The fraction of sp³-hybridized carbons (Fsp3) is 0. The van der Waals surface area contributed by atoms with Crippen LogP contribution in [0, 0.1) is 0 Å². The summed E-state index contributed by atoms with van der Waals surface area (Å²) in [7, 11) is 0. The highest BCUT2D eigenvalue weighted by Gasteiger charge is 2.14. The molecule has 0 aliphatic heterocycles. The maximum absolute atomic E-state index is 12.5. The summed E-state index contributed by atoms with van der Waals surface area (Å²) in [6.07, 6.45) is 0. The third-order valence-corrected chi connectivity index (χ3v) is 9.72. The summed E-state index contributed by atoms with van der Waals surface area (Å²) >= 11 is 7.02. The first kappa shape index (κ1) is 19.0. The summed E-state index contributed by atoms with van der Waals surface area (Å²) in [6, 6.07) is 26.7. The number of thiophene rings is 4. The first-order valence-corrected chi connectivity index (χ1v) is 12.9. The molecule has 0 spiro atoms.